The molecule has 0 atom stereocenters. The Morgan fingerprint density at radius 3 is 2.68 bits per heavy atom. The standard InChI is InChI=1S/C21H28N4O3/c26-20(18-7-2-1-3-8-18)25-12-9-17(10-13-25)6-4-5-11-23-21(27)24-15-19-14-22-16-28-19/h1-3,7-8,14,16-17H,4-6,9-13,15H2,(H2,23,24,27)/i15D2. The number of hydrogen-bond acceptors (Lipinski definition) is 4. The minimum Gasteiger partial charge on any atom is -0.447 e. The van der Waals surface area contributed by atoms with Crippen LogP contribution in [0.3, 0.4) is 0 Å². The highest BCUT2D eigenvalue weighted by atomic mass is 16.3. The lowest BCUT2D eigenvalue weighted by Gasteiger charge is -2.32. The summed E-state index contributed by atoms with van der Waals surface area (Å²) < 4.78 is 20.5. The molecule has 0 radical (unpaired) electrons. The van der Waals surface area contributed by atoms with Gasteiger partial charge in [-0.2, -0.15) is 0 Å². The molecule has 1 aliphatic heterocycles. The molecule has 0 bridgehead atoms. The van der Waals surface area contributed by atoms with Crippen LogP contribution in [0, 0.1) is 5.92 Å². The minimum atomic E-state index is -2.11. The average Bonchev–Trinajstić information content (AvgIpc) is 3.30. The summed E-state index contributed by atoms with van der Waals surface area (Å²) in [6, 6.07) is 8.81. The highest BCUT2D eigenvalue weighted by molar-refractivity contribution is 5.94. The van der Waals surface area contributed by atoms with Gasteiger partial charge in [-0.3, -0.25) is 4.79 Å². The van der Waals surface area contributed by atoms with Crippen LogP contribution in [0.5, 0.6) is 0 Å². The van der Waals surface area contributed by atoms with E-state index in [9.17, 15) is 9.59 Å². The predicted molar refractivity (Wildman–Crippen MR) is 106 cm³/mol. The summed E-state index contributed by atoms with van der Waals surface area (Å²) in [6.07, 6.45) is 7.23. The van der Waals surface area contributed by atoms with Crippen molar-refractivity contribution in [2.24, 2.45) is 5.92 Å². The molecule has 0 unspecified atom stereocenters. The second-order valence-corrected chi connectivity index (χ2v) is 6.97. The van der Waals surface area contributed by atoms with Gasteiger partial charge in [0.2, 0.25) is 0 Å². The number of aromatic nitrogens is 1. The zero-order valence-electron chi connectivity index (χ0n) is 17.9. The molecule has 150 valence electrons. The van der Waals surface area contributed by atoms with Gasteiger partial charge in [0.1, 0.15) is 5.76 Å². The Morgan fingerprint density at radius 1 is 1.18 bits per heavy atom. The number of amides is 3. The van der Waals surface area contributed by atoms with Crippen molar-refractivity contribution in [3.8, 4) is 0 Å². The van der Waals surface area contributed by atoms with Crippen molar-refractivity contribution in [3.05, 3.63) is 54.2 Å². The number of benzene rings is 1. The van der Waals surface area contributed by atoms with E-state index in [4.69, 9.17) is 7.16 Å². The van der Waals surface area contributed by atoms with Crippen LogP contribution < -0.4 is 10.6 Å². The highest BCUT2D eigenvalue weighted by Crippen LogP contribution is 2.23. The largest absolute Gasteiger partial charge is 0.447 e. The van der Waals surface area contributed by atoms with Crippen LogP contribution in [0.15, 0.2) is 47.3 Å². The number of rotatable bonds is 8. The molecule has 3 amide bonds. The van der Waals surface area contributed by atoms with Crippen LogP contribution in [0.2, 0.25) is 0 Å². The third-order valence-electron chi connectivity index (χ3n) is 4.98. The van der Waals surface area contributed by atoms with Crippen molar-refractivity contribution in [1.82, 2.24) is 20.5 Å². The summed E-state index contributed by atoms with van der Waals surface area (Å²) in [7, 11) is 0. The SMILES string of the molecule is [2H]C([2H])(NC(=O)NCCCCC1CCN(C(=O)c2ccccc2)CC1)c1cnco1. The van der Waals surface area contributed by atoms with E-state index < -0.39 is 12.5 Å². The van der Waals surface area contributed by atoms with Crippen molar-refractivity contribution in [2.75, 3.05) is 19.6 Å². The van der Waals surface area contributed by atoms with Crippen LogP contribution in [0.4, 0.5) is 4.79 Å². The molecular weight excluding hydrogens is 356 g/mol. The van der Waals surface area contributed by atoms with E-state index in [1.54, 1.807) is 0 Å². The van der Waals surface area contributed by atoms with E-state index in [2.05, 4.69) is 15.6 Å². The molecule has 2 N–H and O–H groups in total. The van der Waals surface area contributed by atoms with E-state index in [1.165, 1.54) is 6.20 Å². The Labute approximate surface area is 168 Å². The maximum Gasteiger partial charge on any atom is 0.315 e. The minimum absolute atomic E-state index is 0.0465. The third-order valence-corrected chi connectivity index (χ3v) is 4.98. The summed E-state index contributed by atoms with van der Waals surface area (Å²) in [5, 5.41) is 4.91. The third kappa shape index (κ3) is 6.11. The molecule has 7 nitrogen and oxygen atoms in total. The number of carbonyl (C=O) groups is 2. The summed E-state index contributed by atoms with van der Waals surface area (Å²) in [5.74, 6) is 0.656. The summed E-state index contributed by atoms with van der Waals surface area (Å²) >= 11 is 0. The Morgan fingerprint density at radius 2 is 1.96 bits per heavy atom. The van der Waals surface area contributed by atoms with E-state index in [0.717, 1.165) is 57.2 Å². The Kier molecular flexibility index (Phi) is 6.47. The fourth-order valence-electron chi connectivity index (χ4n) is 3.39. The number of hydrogen-bond donors (Lipinski definition) is 2. The number of urea groups is 1. The molecular formula is C21H28N4O3. The van der Waals surface area contributed by atoms with Gasteiger partial charge < -0.3 is 20.0 Å². The van der Waals surface area contributed by atoms with E-state index >= 15 is 0 Å². The molecule has 1 aromatic carbocycles. The first-order valence-corrected chi connectivity index (χ1v) is 9.75. The normalized spacial score (nSPS) is 16.2. The van der Waals surface area contributed by atoms with Crippen molar-refractivity contribution >= 4 is 11.9 Å². The lowest BCUT2D eigenvalue weighted by atomic mass is 9.91. The molecule has 0 spiro atoms. The van der Waals surface area contributed by atoms with Gasteiger partial charge in [0.05, 0.1) is 15.4 Å². The first-order valence-electron chi connectivity index (χ1n) is 10.7. The first kappa shape index (κ1) is 17.3. The fourth-order valence-corrected chi connectivity index (χ4v) is 3.39. The van der Waals surface area contributed by atoms with Gasteiger partial charge >= 0.3 is 6.03 Å². The van der Waals surface area contributed by atoms with Crippen LogP contribution in [0.1, 0.15) is 51.0 Å². The van der Waals surface area contributed by atoms with Crippen LogP contribution in [-0.4, -0.2) is 41.5 Å². The van der Waals surface area contributed by atoms with E-state index in [0.29, 0.717) is 12.5 Å². The number of oxazole rings is 1. The summed E-state index contributed by atoms with van der Waals surface area (Å²) in [6.45, 7) is -0.0546. The molecule has 0 aliphatic carbocycles. The molecule has 3 rings (SSSR count). The van der Waals surface area contributed by atoms with Gasteiger partial charge in [-0.1, -0.05) is 31.0 Å². The molecule has 0 saturated carbocycles. The topological polar surface area (TPSA) is 87.5 Å². The summed E-state index contributed by atoms with van der Waals surface area (Å²) in [5.41, 5.74) is 0.744. The van der Waals surface area contributed by atoms with Gasteiger partial charge in [0.25, 0.3) is 5.91 Å². The number of nitrogens with one attached hydrogen (secondary N) is 2. The van der Waals surface area contributed by atoms with Crippen LogP contribution in [-0.2, 0) is 6.50 Å². The smallest absolute Gasteiger partial charge is 0.315 e. The van der Waals surface area contributed by atoms with Crippen LogP contribution in [0.25, 0.3) is 0 Å². The average molecular weight is 386 g/mol. The molecule has 7 heteroatoms. The Bertz CT molecular complexity index is 807. The second kappa shape index (κ2) is 10.5. The fraction of sp³-hybridized carbons (Fsp3) is 0.476. The molecule has 1 aromatic heterocycles. The maximum absolute atomic E-state index is 12.5. The first-order chi connectivity index (χ1) is 14.5. The molecule has 2 heterocycles. The van der Waals surface area contributed by atoms with Crippen molar-refractivity contribution < 1.29 is 16.7 Å². The van der Waals surface area contributed by atoms with Gasteiger partial charge in [0, 0.05) is 25.2 Å². The monoisotopic (exact) mass is 386 g/mol. The molecule has 2 aromatic rings. The number of nitrogens with zero attached hydrogens (tertiary/aromatic N) is 2. The van der Waals surface area contributed by atoms with Gasteiger partial charge in [-0.05, 0) is 37.3 Å². The number of likely N-dealkylation sites (tertiary alicyclic amines) is 1. The van der Waals surface area contributed by atoms with Gasteiger partial charge in [0.15, 0.2) is 6.39 Å². The Balaban J connectivity index is 1.28. The molecule has 1 saturated heterocycles. The van der Waals surface area contributed by atoms with Gasteiger partial charge in [-0.15, -0.1) is 0 Å². The maximum atomic E-state index is 12.5. The predicted octanol–water partition coefficient (Wildman–Crippen LogP) is 3.20. The molecule has 1 fully saturated rings. The number of piperidine rings is 1. The molecule has 1 aliphatic rings. The van der Waals surface area contributed by atoms with Crippen molar-refractivity contribution in [2.45, 2.75) is 38.6 Å². The lowest BCUT2D eigenvalue weighted by molar-refractivity contribution is 0.0686. The zero-order chi connectivity index (χ0) is 21.4. The highest BCUT2D eigenvalue weighted by Gasteiger charge is 2.23. The van der Waals surface area contributed by atoms with Crippen molar-refractivity contribution in [3.63, 3.8) is 0 Å². The Hall–Kier alpha value is -2.83. The second-order valence-electron chi connectivity index (χ2n) is 6.97. The van der Waals surface area contributed by atoms with Gasteiger partial charge in [-0.25, -0.2) is 9.78 Å². The molecule has 28 heavy (non-hydrogen) atoms. The van der Waals surface area contributed by atoms with E-state index in [-0.39, 0.29) is 11.7 Å². The quantitative estimate of drug-likeness (QED) is 0.682. The number of carbonyl (C=O) groups excluding carboxylic acids is 2. The summed E-state index contributed by atoms with van der Waals surface area (Å²) in [4.78, 5) is 29.9. The van der Waals surface area contributed by atoms with Crippen molar-refractivity contribution in [1.29, 1.82) is 0 Å². The lowest BCUT2D eigenvalue weighted by Crippen LogP contribution is -2.38. The number of unbranched alkanes of at least 4 members (excludes halogenated alkanes) is 1. The zero-order valence-corrected chi connectivity index (χ0v) is 15.9. The van der Waals surface area contributed by atoms with Crippen LogP contribution >= 0.6 is 0 Å². The van der Waals surface area contributed by atoms with E-state index in [1.807, 2.05) is 35.2 Å².